The molecule has 1 aromatic carbocycles. The lowest BCUT2D eigenvalue weighted by atomic mass is 9.95. The molecule has 1 saturated heterocycles. The summed E-state index contributed by atoms with van der Waals surface area (Å²) >= 11 is 0. The van der Waals surface area contributed by atoms with E-state index in [-0.39, 0.29) is 18.5 Å². The predicted octanol–water partition coefficient (Wildman–Crippen LogP) is 0.528. The minimum atomic E-state index is -3.70. The van der Waals surface area contributed by atoms with Crippen LogP contribution in [0.2, 0.25) is 0 Å². The predicted molar refractivity (Wildman–Crippen MR) is 92.3 cm³/mol. The Morgan fingerprint density at radius 3 is 2.23 bits per heavy atom. The van der Waals surface area contributed by atoms with Crippen molar-refractivity contribution in [2.75, 3.05) is 38.3 Å². The van der Waals surface area contributed by atoms with Crippen molar-refractivity contribution in [1.82, 2.24) is 10.2 Å². The summed E-state index contributed by atoms with van der Waals surface area (Å²) in [7, 11) is -2.38. The van der Waals surface area contributed by atoms with Crippen LogP contribution >= 0.6 is 0 Å². The molecule has 2 amide bonds. The molecule has 0 saturated carbocycles. The van der Waals surface area contributed by atoms with Crippen molar-refractivity contribution >= 4 is 27.3 Å². The summed E-state index contributed by atoms with van der Waals surface area (Å²) in [5.74, 6) is -3.06. The van der Waals surface area contributed by atoms with Crippen LogP contribution in [0.15, 0.2) is 18.2 Å². The smallest absolute Gasteiger partial charge is 0.244 e. The zero-order valence-electron chi connectivity index (χ0n) is 14.5. The first-order valence-corrected chi connectivity index (χ1v) is 9.86. The molecule has 1 aliphatic rings. The number of amides is 2. The van der Waals surface area contributed by atoms with E-state index in [0.717, 1.165) is 23.3 Å². The summed E-state index contributed by atoms with van der Waals surface area (Å²) in [6.45, 7) is 0.310. The summed E-state index contributed by atoms with van der Waals surface area (Å²) in [4.78, 5) is 25.9. The van der Waals surface area contributed by atoms with Gasteiger partial charge in [-0.25, -0.2) is 17.2 Å². The number of piperidine rings is 1. The van der Waals surface area contributed by atoms with E-state index in [1.165, 1.54) is 7.05 Å². The van der Waals surface area contributed by atoms with Gasteiger partial charge in [-0.2, -0.15) is 0 Å². The molecular weight excluding hydrogens is 368 g/mol. The third-order valence-electron chi connectivity index (χ3n) is 4.38. The number of hydrogen-bond acceptors (Lipinski definition) is 5. The van der Waals surface area contributed by atoms with Crippen LogP contribution in [0.1, 0.15) is 12.8 Å². The largest absolute Gasteiger partial charge is 0.335 e. The van der Waals surface area contributed by atoms with Gasteiger partial charge in [0, 0.05) is 25.1 Å². The number of sulfone groups is 1. The molecule has 2 rings (SSSR count). The van der Waals surface area contributed by atoms with Crippen molar-refractivity contribution in [3.63, 3.8) is 0 Å². The highest BCUT2D eigenvalue weighted by molar-refractivity contribution is 7.92. The van der Waals surface area contributed by atoms with E-state index in [1.54, 1.807) is 0 Å². The first kappa shape index (κ1) is 20.2. The topological polar surface area (TPSA) is 95.6 Å². The van der Waals surface area contributed by atoms with Gasteiger partial charge in [-0.3, -0.25) is 9.59 Å². The number of nitrogens with zero attached hydrogens (tertiary/aromatic N) is 1. The second kappa shape index (κ2) is 7.67. The van der Waals surface area contributed by atoms with E-state index in [9.17, 15) is 26.8 Å². The Hall–Kier alpha value is -2.07. The quantitative estimate of drug-likeness (QED) is 0.766. The van der Waals surface area contributed by atoms with Crippen molar-refractivity contribution in [1.29, 1.82) is 0 Å². The zero-order valence-corrected chi connectivity index (χ0v) is 15.3. The Morgan fingerprint density at radius 2 is 1.73 bits per heavy atom. The molecular formula is C16H21F2N3O4S. The maximum absolute atomic E-state index is 13.2. The second-order valence-electron chi connectivity index (χ2n) is 6.38. The number of anilines is 1. The van der Waals surface area contributed by atoms with Crippen molar-refractivity contribution < 1.29 is 26.8 Å². The standard InChI is InChI=1S/C16H21F2N3O4S/c1-21(10-14(22)20-13-8-11(17)7-12(18)9-13)15(23)16(26(2,24)25)3-5-19-6-4-16/h7-9,19H,3-6,10H2,1-2H3,(H,20,22). The molecule has 0 aromatic heterocycles. The van der Waals surface area contributed by atoms with E-state index < -0.39 is 44.6 Å². The molecule has 1 aliphatic heterocycles. The van der Waals surface area contributed by atoms with Crippen LogP contribution in [-0.4, -0.2) is 62.8 Å². The molecule has 0 spiro atoms. The van der Waals surface area contributed by atoms with Gasteiger partial charge in [0.05, 0.1) is 6.54 Å². The highest BCUT2D eigenvalue weighted by atomic mass is 32.2. The van der Waals surface area contributed by atoms with Crippen LogP contribution < -0.4 is 10.6 Å². The summed E-state index contributed by atoms with van der Waals surface area (Å²) in [5, 5.41) is 5.29. The molecule has 1 heterocycles. The van der Waals surface area contributed by atoms with Crippen molar-refractivity contribution in [3.05, 3.63) is 29.8 Å². The molecule has 7 nitrogen and oxygen atoms in total. The molecule has 1 aromatic rings. The van der Waals surface area contributed by atoms with E-state index in [2.05, 4.69) is 10.6 Å². The zero-order chi connectivity index (χ0) is 19.5. The van der Waals surface area contributed by atoms with E-state index in [1.807, 2.05) is 0 Å². The molecule has 0 aliphatic carbocycles. The van der Waals surface area contributed by atoms with Gasteiger partial charge >= 0.3 is 0 Å². The van der Waals surface area contributed by atoms with Crippen molar-refractivity contribution in [3.8, 4) is 0 Å². The van der Waals surface area contributed by atoms with Gasteiger partial charge in [-0.15, -0.1) is 0 Å². The number of likely N-dealkylation sites (N-methyl/N-ethyl adjacent to an activating group) is 1. The van der Waals surface area contributed by atoms with Crippen LogP contribution in [0.25, 0.3) is 0 Å². The van der Waals surface area contributed by atoms with Gasteiger partial charge in [0.2, 0.25) is 11.8 Å². The van der Waals surface area contributed by atoms with E-state index in [0.29, 0.717) is 19.2 Å². The first-order valence-electron chi connectivity index (χ1n) is 7.97. The van der Waals surface area contributed by atoms with Gasteiger partial charge < -0.3 is 15.5 Å². The summed E-state index contributed by atoms with van der Waals surface area (Å²) in [6, 6.07) is 2.54. The molecule has 10 heteroatoms. The lowest BCUT2D eigenvalue weighted by Gasteiger charge is -2.37. The van der Waals surface area contributed by atoms with Crippen LogP contribution in [0.3, 0.4) is 0 Å². The van der Waals surface area contributed by atoms with Gasteiger partial charge in [0.15, 0.2) is 14.6 Å². The fourth-order valence-electron chi connectivity index (χ4n) is 3.04. The van der Waals surface area contributed by atoms with Crippen LogP contribution in [0.5, 0.6) is 0 Å². The number of carbonyl (C=O) groups is 2. The maximum atomic E-state index is 13.2. The monoisotopic (exact) mass is 389 g/mol. The van der Waals surface area contributed by atoms with E-state index >= 15 is 0 Å². The normalized spacial score (nSPS) is 16.8. The Labute approximate surface area is 150 Å². The Balaban J connectivity index is 2.10. The highest BCUT2D eigenvalue weighted by Gasteiger charge is 2.50. The first-order chi connectivity index (χ1) is 12.0. The lowest BCUT2D eigenvalue weighted by molar-refractivity contribution is -0.136. The lowest BCUT2D eigenvalue weighted by Crippen LogP contribution is -2.58. The molecule has 0 unspecified atom stereocenters. The summed E-state index contributed by atoms with van der Waals surface area (Å²) in [5.41, 5.74) is -0.0898. The molecule has 0 bridgehead atoms. The summed E-state index contributed by atoms with van der Waals surface area (Å²) in [6.07, 6.45) is 1.25. The third kappa shape index (κ3) is 4.36. The summed E-state index contributed by atoms with van der Waals surface area (Å²) < 4.78 is 49.3. The fourth-order valence-corrected chi connectivity index (χ4v) is 4.45. The van der Waals surface area contributed by atoms with Gasteiger partial charge in [0.25, 0.3) is 0 Å². The number of carbonyl (C=O) groups excluding carboxylic acids is 2. The average molecular weight is 389 g/mol. The minimum absolute atomic E-state index is 0.0898. The highest BCUT2D eigenvalue weighted by Crippen LogP contribution is 2.29. The number of rotatable bonds is 5. The number of benzene rings is 1. The number of halogens is 2. The van der Waals surface area contributed by atoms with Crippen LogP contribution in [-0.2, 0) is 19.4 Å². The van der Waals surface area contributed by atoms with Crippen molar-refractivity contribution in [2.45, 2.75) is 17.6 Å². The van der Waals surface area contributed by atoms with Crippen LogP contribution in [0.4, 0.5) is 14.5 Å². The molecule has 0 atom stereocenters. The SMILES string of the molecule is CN(CC(=O)Nc1cc(F)cc(F)c1)C(=O)C1(S(C)(=O)=O)CCNCC1. The van der Waals surface area contributed by atoms with Gasteiger partial charge in [-0.1, -0.05) is 0 Å². The van der Waals surface area contributed by atoms with E-state index in [4.69, 9.17) is 0 Å². The van der Waals surface area contributed by atoms with Gasteiger partial charge in [-0.05, 0) is 38.1 Å². The minimum Gasteiger partial charge on any atom is -0.335 e. The van der Waals surface area contributed by atoms with Crippen molar-refractivity contribution in [2.24, 2.45) is 0 Å². The third-order valence-corrected chi connectivity index (χ3v) is 6.39. The van der Waals surface area contributed by atoms with Gasteiger partial charge in [0.1, 0.15) is 11.6 Å². The Morgan fingerprint density at radius 1 is 1.19 bits per heavy atom. The molecule has 1 fully saturated rings. The fraction of sp³-hybridized carbons (Fsp3) is 0.500. The van der Waals surface area contributed by atoms with Crippen LogP contribution in [0, 0.1) is 11.6 Å². The number of nitrogens with one attached hydrogen (secondary N) is 2. The Bertz CT molecular complexity index is 787. The second-order valence-corrected chi connectivity index (χ2v) is 8.71. The maximum Gasteiger partial charge on any atom is 0.244 e. The molecule has 2 N–H and O–H groups in total. The molecule has 144 valence electrons. The Kier molecular flexibility index (Phi) is 5.97. The molecule has 0 radical (unpaired) electrons. The number of hydrogen-bond donors (Lipinski definition) is 2. The average Bonchev–Trinajstić information content (AvgIpc) is 2.52. The molecule has 26 heavy (non-hydrogen) atoms.